The molecule has 2 unspecified atom stereocenters. The molecule has 1 aliphatic rings. The normalized spacial score (nSPS) is 30.3. The Morgan fingerprint density at radius 2 is 2.18 bits per heavy atom. The molecule has 0 saturated carbocycles. The summed E-state index contributed by atoms with van der Waals surface area (Å²) in [5, 5.41) is 17.7. The molecule has 0 aromatic heterocycles. The number of hydrogen-bond acceptors (Lipinski definition) is 2. The molecule has 0 spiro atoms. The van der Waals surface area contributed by atoms with E-state index in [1.807, 2.05) is 18.2 Å². The van der Waals surface area contributed by atoms with Crippen molar-refractivity contribution in [2.24, 2.45) is 11.8 Å². The zero-order valence-electron chi connectivity index (χ0n) is 6.70. The van der Waals surface area contributed by atoms with E-state index >= 15 is 0 Å². The predicted molar refractivity (Wildman–Crippen MR) is 44.0 cm³/mol. The first kappa shape index (κ1) is 8.50. The van der Waals surface area contributed by atoms with Crippen LogP contribution >= 0.6 is 0 Å². The zero-order chi connectivity index (χ0) is 8.27. The van der Waals surface area contributed by atoms with E-state index in [4.69, 9.17) is 10.2 Å². The van der Waals surface area contributed by atoms with Gasteiger partial charge in [-0.25, -0.2) is 0 Å². The Morgan fingerprint density at radius 3 is 2.73 bits per heavy atom. The topological polar surface area (TPSA) is 40.5 Å². The summed E-state index contributed by atoms with van der Waals surface area (Å²) in [7, 11) is 0. The minimum atomic E-state index is 0.0692. The quantitative estimate of drug-likeness (QED) is 0.615. The first-order chi connectivity index (χ1) is 5.27. The fourth-order valence-corrected chi connectivity index (χ4v) is 1.22. The van der Waals surface area contributed by atoms with E-state index in [-0.39, 0.29) is 19.1 Å². The molecule has 0 bridgehead atoms. The molecule has 11 heavy (non-hydrogen) atoms. The second kappa shape index (κ2) is 3.69. The fraction of sp³-hybridized carbons (Fsp3) is 0.556. The summed E-state index contributed by atoms with van der Waals surface area (Å²) >= 11 is 0. The van der Waals surface area contributed by atoms with Crippen molar-refractivity contribution in [2.45, 2.75) is 6.92 Å². The van der Waals surface area contributed by atoms with Crippen LogP contribution in [0.1, 0.15) is 6.92 Å². The van der Waals surface area contributed by atoms with Crippen molar-refractivity contribution in [2.75, 3.05) is 13.2 Å². The predicted octanol–water partition coefficient (Wildman–Crippen LogP) is 0.720. The van der Waals surface area contributed by atoms with Gasteiger partial charge in [0.1, 0.15) is 0 Å². The summed E-state index contributed by atoms with van der Waals surface area (Å²) in [6, 6.07) is 0. The summed E-state index contributed by atoms with van der Waals surface area (Å²) in [5.41, 5.74) is 0.905. The Labute approximate surface area is 66.9 Å². The van der Waals surface area contributed by atoms with Crippen LogP contribution in [0.3, 0.4) is 0 Å². The first-order valence-electron chi connectivity index (χ1n) is 3.88. The summed E-state index contributed by atoms with van der Waals surface area (Å²) in [4.78, 5) is 0. The Hall–Kier alpha value is -0.600. The van der Waals surface area contributed by atoms with Crippen LogP contribution in [0.4, 0.5) is 0 Å². The van der Waals surface area contributed by atoms with Gasteiger partial charge in [0.15, 0.2) is 0 Å². The lowest BCUT2D eigenvalue weighted by Gasteiger charge is -2.19. The van der Waals surface area contributed by atoms with Gasteiger partial charge in [0.05, 0.1) is 6.61 Å². The highest BCUT2D eigenvalue weighted by Crippen LogP contribution is 2.21. The van der Waals surface area contributed by atoms with Gasteiger partial charge >= 0.3 is 0 Å². The largest absolute Gasteiger partial charge is 0.396 e. The Morgan fingerprint density at radius 1 is 1.45 bits per heavy atom. The third-order valence-electron chi connectivity index (χ3n) is 2.11. The average Bonchev–Trinajstić information content (AvgIpc) is 2.05. The molecule has 0 aromatic carbocycles. The lowest BCUT2D eigenvalue weighted by atomic mass is 9.88. The number of aliphatic hydroxyl groups excluding tert-OH is 2. The van der Waals surface area contributed by atoms with Crippen molar-refractivity contribution in [1.82, 2.24) is 0 Å². The van der Waals surface area contributed by atoms with Crippen LogP contribution in [0.5, 0.6) is 0 Å². The van der Waals surface area contributed by atoms with E-state index in [1.165, 1.54) is 0 Å². The Bertz CT molecular complexity index is 182. The number of hydrogen-bond donors (Lipinski definition) is 2. The van der Waals surface area contributed by atoms with Gasteiger partial charge in [0.2, 0.25) is 0 Å². The van der Waals surface area contributed by atoms with Gasteiger partial charge in [0.25, 0.3) is 0 Å². The van der Waals surface area contributed by atoms with Crippen molar-refractivity contribution in [3.05, 3.63) is 23.8 Å². The van der Waals surface area contributed by atoms with Crippen molar-refractivity contribution in [3.8, 4) is 0 Å². The van der Waals surface area contributed by atoms with Crippen molar-refractivity contribution in [1.29, 1.82) is 0 Å². The van der Waals surface area contributed by atoms with E-state index in [9.17, 15) is 0 Å². The number of aliphatic hydroxyl groups is 2. The number of rotatable bonds is 2. The molecule has 1 aliphatic carbocycles. The van der Waals surface area contributed by atoms with Crippen molar-refractivity contribution in [3.63, 3.8) is 0 Å². The first-order valence-corrected chi connectivity index (χ1v) is 3.88. The highest BCUT2D eigenvalue weighted by molar-refractivity contribution is 5.25. The van der Waals surface area contributed by atoms with E-state index in [2.05, 4.69) is 6.92 Å². The van der Waals surface area contributed by atoms with Gasteiger partial charge in [-0.1, -0.05) is 25.2 Å². The monoisotopic (exact) mass is 154 g/mol. The van der Waals surface area contributed by atoms with Crippen LogP contribution in [0.15, 0.2) is 23.8 Å². The maximum atomic E-state index is 8.91. The molecule has 2 atom stereocenters. The summed E-state index contributed by atoms with van der Waals surface area (Å²) in [5.74, 6) is 0.567. The molecule has 0 radical (unpaired) electrons. The standard InChI is InChI=1S/C9H14O2/c1-7-2-3-8(5-10)4-9(7)6-11/h2-4,7,9-11H,5-6H2,1H3. The molecule has 0 saturated heterocycles. The molecule has 62 valence electrons. The van der Waals surface area contributed by atoms with Crippen LogP contribution < -0.4 is 0 Å². The second-order valence-electron chi connectivity index (χ2n) is 2.96. The summed E-state index contributed by atoms with van der Waals surface area (Å²) in [6.07, 6.45) is 5.87. The minimum absolute atomic E-state index is 0.0692. The molecule has 0 heterocycles. The van der Waals surface area contributed by atoms with Gasteiger partial charge in [-0.3, -0.25) is 0 Å². The Kier molecular flexibility index (Phi) is 2.85. The van der Waals surface area contributed by atoms with Crippen LogP contribution in [0.25, 0.3) is 0 Å². The molecule has 0 aliphatic heterocycles. The van der Waals surface area contributed by atoms with E-state index in [0.717, 1.165) is 5.57 Å². The van der Waals surface area contributed by atoms with Crippen LogP contribution in [0.2, 0.25) is 0 Å². The van der Waals surface area contributed by atoms with E-state index in [1.54, 1.807) is 0 Å². The third-order valence-corrected chi connectivity index (χ3v) is 2.11. The lowest BCUT2D eigenvalue weighted by Crippen LogP contribution is -2.15. The zero-order valence-corrected chi connectivity index (χ0v) is 6.70. The van der Waals surface area contributed by atoms with Crippen LogP contribution in [0, 0.1) is 11.8 Å². The lowest BCUT2D eigenvalue weighted by molar-refractivity contribution is 0.227. The maximum absolute atomic E-state index is 8.91. The Balaban J connectivity index is 2.67. The highest BCUT2D eigenvalue weighted by Gasteiger charge is 2.14. The molecule has 2 nitrogen and oxygen atoms in total. The molecular formula is C9H14O2. The maximum Gasteiger partial charge on any atom is 0.0678 e. The van der Waals surface area contributed by atoms with Crippen LogP contribution in [-0.4, -0.2) is 23.4 Å². The summed E-state index contributed by atoms with van der Waals surface area (Å²) < 4.78 is 0. The van der Waals surface area contributed by atoms with Gasteiger partial charge in [0, 0.05) is 12.5 Å². The fourth-order valence-electron chi connectivity index (χ4n) is 1.22. The molecule has 0 fully saturated rings. The molecule has 2 N–H and O–H groups in total. The van der Waals surface area contributed by atoms with Gasteiger partial charge < -0.3 is 10.2 Å². The molecular weight excluding hydrogens is 140 g/mol. The minimum Gasteiger partial charge on any atom is -0.396 e. The van der Waals surface area contributed by atoms with Gasteiger partial charge in [-0.2, -0.15) is 0 Å². The highest BCUT2D eigenvalue weighted by atomic mass is 16.3. The van der Waals surface area contributed by atoms with Gasteiger partial charge in [-0.05, 0) is 11.5 Å². The molecule has 1 rings (SSSR count). The van der Waals surface area contributed by atoms with Crippen molar-refractivity contribution >= 4 is 0 Å². The van der Waals surface area contributed by atoms with E-state index in [0.29, 0.717) is 5.92 Å². The number of allylic oxidation sites excluding steroid dienone is 1. The average molecular weight is 154 g/mol. The third kappa shape index (κ3) is 1.91. The van der Waals surface area contributed by atoms with Crippen molar-refractivity contribution < 1.29 is 10.2 Å². The van der Waals surface area contributed by atoms with E-state index < -0.39 is 0 Å². The second-order valence-corrected chi connectivity index (χ2v) is 2.96. The molecule has 0 amide bonds. The SMILES string of the molecule is CC1C=CC(CO)=CC1CO. The summed E-state index contributed by atoms with van der Waals surface area (Å²) in [6.45, 7) is 2.29. The van der Waals surface area contributed by atoms with Crippen LogP contribution in [-0.2, 0) is 0 Å². The molecule has 0 aromatic rings. The molecule has 2 heteroatoms. The van der Waals surface area contributed by atoms with Gasteiger partial charge in [-0.15, -0.1) is 0 Å². The smallest absolute Gasteiger partial charge is 0.0678 e.